The van der Waals surface area contributed by atoms with Gasteiger partial charge in [0.25, 0.3) is 0 Å². The molecular formula is C22H36N6O2. The molecule has 3 aliphatic heterocycles. The highest BCUT2D eigenvalue weighted by Gasteiger charge is 2.35. The lowest BCUT2D eigenvalue weighted by atomic mass is 9.99. The third kappa shape index (κ3) is 5.47. The molecule has 4 heterocycles. The molecule has 3 fully saturated rings. The lowest BCUT2D eigenvalue weighted by Crippen LogP contribution is -2.51. The molecule has 1 aromatic rings. The van der Waals surface area contributed by atoms with Crippen LogP contribution in [0.25, 0.3) is 0 Å². The molecule has 1 N–H and O–H groups in total. The van der Waals surface area contributed by atoms with Crippen molar-refractivity contribution < 1.29 is 9.53 Å². The Morgan fingerprint density at radius 3 is 2.57 bits per heavy atom. The van der Waals surface area contributed by atoms with E-state index in [0.29, 0.717) is 11.9 Å². The summed E-state index contributed by atoms with van der Waals surface area (Å²) in [6.07, 6.45) is 5.62. The number of piperazine rings is 1. The zero-order valence-electron chi connectivity index (χ0n) is 18.4. The van der Waals surface area contributed by atoms with Gasteiger partial charge in [-0.3, -0.25) is 9.69 Å². The predicted octanol–water partition coefficient (Wildman–Crippen LogP) is 1.23. The molecule has 1 amide bonds. The van der Waals surface area contributed by atoms with Crippen molar-refractivity contribution >= 4 is 11.7 Å². The number of hydrogen-bond acceptors (Lipinski definition) is 7. The fourth-order valence-corrected chi connectivity index (χ4v) is 4.92. The first-order chi connectivity index (χ1) is 14.6. The summed E-state index contributed by atoms with van der Waals surface area (Å²) in [6.45, 7) is 9.08. The number of aryl methyl sites for hydroxylation is 1. The largest absolute Gasteiger partial charge is 0.381 e. The maximum Gasteiger partial charge on any atom is 0.227 e. The molecule has 0 bridgehead atoms. The van der Waals surface area contributed by atoms with Crippen LogP contribution in [0.4, 0.5) is 5.82 Å². The Kier molecular flexibility index (Phi) is 7.17. The normalized spacial score (nSPS) is 27.6. The average Bonchev–Trinajstić information content (AvgIpc) is 2.97. The summed E-state index contributed by atoms with van der Waals surface area (Å²) in [6, 6.07) is 2.78. The quantitative estimate of drug-likeness (QED) is 0.791. The van der Waals surface area contributed by atoms with E-state index in [1.165, 1.54) is 0 Å². The minimum Gasteiger partial charge on any atom is -0.381 e. The number of aromatic nitrogens is 2. The summed E-state index contributed by atoms with van der Waals surface area (Å²) in [5.41, 5.74) is 0.963. The highest BCUT2D eigenvalue weighted by Crippen LogP contribution is 2.26. The van der Waals surface area contributed by atoms with Gasteiger partial charge in [-0.25, -0.2) is 9.97 Å². The van der Waals surface area contributed by atoms with Crippen LogP contribution in [0.2, 0.25) is 0 Å². The second kappa shape index (κ2) is 10.0. The van der Waals surface area contributed by atoms with Gasteiger partial charge in [-0.2, -0.15) is 0 Å². The zero-order chi connectivity index (χ0) is 20.9. The summed E-state index contributed by atoms with van der Waals surface area (Å²) in [4.78, 5) is 28.9. The number of carbonyl (C=O) groups excluding carboxylic acids is 1. The van der Waals surface area contributed by atoms with Crippen molar-refractivity contribution in [2.75, 3.05) is 64.8 Å². The Morgan fingerprint density at radius 2 is 1.83 bits per heavy atom. The Labute approximate surface area is 180 Å². The van der Waals surface area contributed by atoms with Gasteiger partial charge in [-0.15, -0.1) is 0 Å². The van der Waals surface area contributed by atoms with Crippen molar-refractivity contribution in [3.05, 3.63) is 18.1 Å². The maximum atomic E-state index is 13.4. The van der Waals surface area contributed by atoms with E-state index in [0.717, 1.165) is 89.7 Å². The highest BCUT2D eigenvalue weighted by molar-refractivity contribution is 5.79. The number of amides is 1. The molecule has 8 heteroatoms. The fraction of sp³-hybridized carbons (Fsp3) is 0.773. The highest BCUT2D eigenvalue weighted by atomic mass is 16.5. The third-order valence-electron chi connectivity index (χ3n) is 6.80. The molecule has 2 atom stereocenters. The standard InChI is InChI=1S/C22H36N6O2/c1-17-13-21(24-16-23-17)25-19-4-3-18(22(29)27-9-7-26(2)8-10-27)14-28(15-19)20-5-11-30-12-6-20/h13,16,18-20H,3-12,14-15H2,1-2H3,(H,23,24,25)/t18-,19+/m1/s1. The van der Waals surface area contributed by atoms with E-state index in [1.807, 2.05) is 13.0 Å². The van der Waals surface area contributed by atoms with Crippen LogP contribution in [-0.4, -0.2) is 102 Å². The number of ether oxygens (including phenoxy) is 1. The van der Waals surface area contributed by atoms with Crippen molar-refractivity contribution in [2.45, 2.75) is 44.7 Å². The molecule has 0 spiro atoms. The van der Waals surface area contributed by atoms with Gasteiger partial charge in [0.05, 0.1) is 5.92 Å². The molecule has 8 nitrogen and oxygen atoms in total. The molecule has 0 aliphatic carbocycles. The van der Waals surface area contributed by atoms with Crippen molar-refractivity contribution in [2.24, 2.45) is 5.92 Å². The Balaban J connectivity index is 1.46. The maximum absolute atomic E-state index is 13.4. The van der Waals surface area contributed by atoms with E-state index in [2.05, 4.69) is 37.0 Å². The SMILES string of the molecule is Cc1cc(N[C@H]2CC[C@@H](C(=O)N3CCN(C)CC3)CN(C3CCOCC3)C2)ncn1. The van der Waals surface area contributed by atoms with Gasteiger partial charge in [0, 0.05) is 76.3 Å². The molecule has 0 saturated carbocycles. The topological polar surface area (TPSA) is 73.8 Å². The number of rotatable bonds is 4. The first-order valence-electron chi connectivity index (χ1n) is 11.4. The monoisotopic (exact) mass is 416 g/mol. The van der Waals surface area contributed by atoms with Crippen LogP contribution >= 0.6 is 0 Å². The van der Waals surface area contributed by atoms with Crippen molar-refractivity contribution in [1.82, 2.24) is 24.7 Å². The second-order valence-corrected chi connectivity index (χ2v) is 9.09. The number of hydrogen-bond donors (Lipinski definition) is 1. The van der Waals surface area contributed by atoms with Gasteiger partial charge in [-0.1, -0.05) is 0 Å². The van der Waals surface area contributed by atoms with Crippen LogP contribution < -0.4 is 5.32 Å². The number of carbonyl (C=O) groups is 1. The number of likely N-dealkylation sites (tertiary alicyclic amines) is 1. The van der Waals surface area contributed by atoms with E-state index in [1.54, 1.807) is 6.33 Å². The summed E-state index contributed by atoms with van der Waals surface area (Å²) in [5.74, 6) is 1.30. The second-order valence-electron chi connectivity index (χ2n) is 9.09. The summed E-state index contributed by atoms with van der Waals surface area (Å²) >= 11 is 0. The van der Waals surface area contributed by atoms with Crippen molar-refractivity contribution in [1.29, 1.82) is 0 Å². The summed E-state index contributed by atoms with van der Waals surface area (Å²) < 4.78 is 5.60. The van der Waals surface area contributed by atoms with Gasteiger partial charge in [-0.05, 0) is 39.7 Å². The molecule has 4 rings (SSSR count). The number of nitrogens with one attached hydrogen (secondary N) is 1. The fourth-order valence-electron chi connectivity index (χ4n) is 4.92. The minimum absolute atomic E-state index is 0.0789. The van der Waals surface area contributed by atoms with E-state index in [9.17, 15) is 4.79 Å². The smallest absolute Gasteiger partial charge is 0.227 e. The Bertz CT molecular complexity index is 703. The van der Waals surface area contributed by atoms with Gasteiger partial charge in [0.2, 0.25) is 5.91 Å². The predicted molar refractivity (Wildman–Crippen MR) is 116 cm³/mol. The molecule has 3 aliphatic rings. The number of anilines is 1. The van der Waals surface area contributed by atoms with Crippen LogP contribution in [0.5, 0.6) is 0 Å². The van der Waals surface area contributed by atoms with Crippen molar-refractivity contribution in [3.63, 3.8) is 0 Å². The first-order valence-corrected chi connectivity index (χ1v) is 11.4. The zero-order valence-corrected chi connectivity index (χ0v) is 18.4. The van der Waals surface area contributed by atoms with Crippen LogP contribution in [0.1, 0.15) is 31.4 Å². The van der Waals surface area contributed by atoms with Crippen LogP contribution in [0, 0.1) is 12.8 Å². The van der Waals surface area contributed by atoms with Crippen molar-refractivity contribution in [3.8, 4) is 0 Å². The van der Waals surface area contributed by atoms with E-state index in [-0.39, 0.29) is 12.0 Å². The molecule has 30 heavy (non-hydrogen) atoms. The molecule has 0 aromatic carbocycles. The molecular weight excluding hydrogens is 380 g/mol. The van der Waals surface area contributed by atoms with E-state index in [4.69, 9.17) is 4.74 Å². The molecule has 3 saturated heterocycles. The van der Waals surface area contributed by atoms with Crippen LogP contribution in [-0.2, 0) is 9.53 Å². The number of nitrogens with zero attached hydrogens (tertiary/aromatic N) is 5. The van der Waals surface area contributed by atoms with Gasteiger partial charge in [0.1, 0.15) is 12.1 Å². The van der Waals surface area contributed by atoms with Gasteiger partial charge in [0.15, 0.2) is 0 Å². The lowest BCUT2D eigenvalue weighted by Gasteiger charge is -2.38. The van der Waals surface area contributed by atoms with E-state index >= 15 is 0 Å². The van der Waals surface area contributed by atoms with Gasteiger partial charge < -0.3 is 19.9 Å². The van der Waals surface area contributed by atoms with Crippen LogP contribution in [0.3, 0.4) is 0 Å². The molecule has 166 valence electrons. The Morgan fingerprint density at radius 1 is 1.07 bits per heavy atom. The Hall–Kier alpha value is -1.77. The average molecular weight is 417 g/mol. The van der Waals surface area contributed by atoms with Gasteiger partial charge >= 0.3 is 0 Å². The molecule has 0 radical (unpaired) electrons. The molecule has 1 aromatic heterocycles. The molecule has 0 unspecified atom stereocenters. The van der Waals surface area contributed by atoms with Crippen LogP contribution in [0.15, 0.2) is 12.4 Å². The summed E-state index contributed by atoms with van der Waals surface area (Å²) in [7, 11) is 2.13. The third-order valence-corrected chi connectivity index (χ3v) is 6.80. The lowest BCUT2D eigenvalue weighted by molar-refractivity contribution is -0.138. The minimum atomic E-state index is 0.0789. The summed E-state index contributed by atoms with van der Waals surface area (Å²) in [5, 5.41) is 3.62. The number of likely N-dealkylation sites (N-methyl/N-ethyl adjacent to an activating group) is 1. The first kappa shape index (κ1) is 21.5. The van der Waals surface area contributed by atoms with E-state index < -0.39 is 0 Å².